The molecule has 1 aliphatic carbocycles. The van der Waals surface area contributed by atoms with E-state index in [0.29, 0.717) is 6.10 Å². The molecule has 2 heteroatoms. The van der Waals surface area contributed by atoms with E-state index in [1.54, 1.807) is 0 Å². The van der Waals surface area contributed by atoms with Crippen LogP contribution in [0.1, 0.15) is 32.6 Å². The van der Waals surface area contributed by atoms with Crippen LogP contribution in [-0.2, 0) is 4.74 Å². The van der Waals surface area contributed by atoms with E-state index in [2.05, 4.69) is 12.2 Å². The topological polar surface area (TPSA) is 21.3 Å². The Hall–Kier alpha value is -0.0800. The van der Waals surface area contributed by atoms with Crippen LogP contribution in [0.5, 0.6) is 0 Å². The largest absolute Gasteiger partial charge is 0.377 e. The summed E-state index contributed by atoms with van der Waals surface area (Å²) in [6, 6.07) is 0. The van der Waals surface area contributed by atoms with Gasteiger partial charge in [-0.15, -0.1) is 0 Å². The summed E-state index contributed by atoms with van der Waals surface area (Å²) in [5.41, 5.74) is 0. The Morgan fingerprint density at radius 2 is 2.25 bits per heavy atom. The van der Waals surface area contributed by atoms with Crippen molar-refractivity contribution in [2.45, 2.75) is 38.7 Å². The Kier molecular flexibility index (Phi) is 4.62. The molecule has 1 N–H and O–H groups in total. The van der Waals surface area contributed by atoms with E-state index in [9.17, 15) is 0 Å². The number of likely N-dealkylation sites (N-methyl/N-ethyl adjacent to an activating group) is 1. The minimum absolute atomic E-state index is 0.370. The third kappa shape index (κ3) is 3.55. The third-order valence-corrected chi connectivity index (χ3v) is 2.64. The normalized spacial score (nSPS) is 20.5. The molecule has 12 heavy (non-hydrogen) atoms. The summed E-state index contributed by atoms with van der Waals surface area (Å²) in [6.45, 7) is 4.04. The average Bonchev–Trinajstić information content (AvgIpc) is 1.95. The van der Waals surface area contributed by atoms with Crippen LogP contribution < -0.4 is 5.32 Å². The highest BCUT2D eigenvalue weighted by Gasteiger charge is 2.16. The summed E-state index contributed by atoms with van der Waals surface area (Å²) in [6.07, 6.45) is 5.95. The molecule has 1 unspecified atom stereocenters. The molecule has 1 rings (SSSR count). The van der Waals surface area contributed by atoms with Crippen LogP contribution >= 0.6 is 0 Å². The molecule has 0 aromatic carbocycles. The Balaban J connectivity index is 1.86. The lowest BCUT2D eigenvalue weighted by Gasteiger charge is -2.25. The average molecular weight is 171 g/mol. The summed E-state index contributed by atoms with van der Waals surface area (Å²) in [4.78, 5) is 0. The van der Waals surface area contributed by atoms with Crippen molar-refractivity contribution in [2.75, 3.05) is 20.2 Å². The van der Waals surface area contributed by atoms with Gasteiger partial charge in [-0.1, -0.05) is 19.3 Å². The van der Waals surface area contributed by atoms with Gasteiger partial charge in [0.25, 0.3) is 0 Å². The van der Waals surface area contributed by atoms with Crippen LogP contribution in [0.3, 0.4) is 0 Å². The molecule has 1 atom stereocenters. The maximum absolute atomic E-state index is 5.63. The van der Waals surface area contributed by atoms with Gasteiger partial charge in [-0.05, 0) is 26.3 Å². The zero-order valence-corrected chi connectivity index (χ0v) is 8.31. The van der Waals surface area contributed by atoms with Gasteiger partial charge in [0.15, 0.2) is 0 Å². The highest BCUT2D eigenvalue weighted by molar-refractivity contribution is 4.69. The van der Waals surface area contributed by atoms with Crippen molar-refractivity contribution in [3.63, 3.8) is 0 Å². The van der Waals surface area contributed by atoms with Crippen molar-refractivity contribution in [3.05, 3.63) is 0 Å². The van der Waals surface area contributed by atoms with Crippen LogP contribution in [0, 0.1) is 5.92 Å². The number of ether oxygens (including phenoxy) is 1. The van der Waals surface area contributed by atoms with Crippen LogP contribution in [-0.4, -0.2) is 26.3 Å². The van der Waals surface area contributed by atoms with E-state index < -0.39 is 0 Å². The molecule has 0 aromatic heterocycles. The van der Waals surface area contributed by atoms with Crippen LogP contribution in [0.4, 0.5) is 0 Å². The fraction of sp³-hybridized carbons (Fsp3) is 1.00. The molecule has 0 heterocycles. The van der Waals surface area contributed by atoms with Gasteiger partial charge in [-0.25, -0.2) is 0 Å². The van der Waals surface area contributed by atoms with E-state index in [1.165, 1.54) is 25.7 Å². The molecule has 1 fully saturated rings. The fourth-order valence-electron chi connectivity index (χ4n) is 1.56. The van der Waals surface area contributed by atoms with Gasteiger partial charge in [0.2, 0.25) is 0 Å². The van der Waals surface area contributed by atoms with Crippen molar-refractivity contribution in [3.8, 4) is 0 Å². The molecule has 0 aliphatic heterocycles. The van der Waals surface area contributed by atoms with Crippen molar-refractivity contribution < 1.29 is 4.74 Å². The van der Waals surface area contributed by atoms with Gasteiger partial charge in [0.05, 0.1) is 6.10 Å². The molecule has 0 amide bonds. The second-order valence-corrected chi connectivity index (χ2v) is 3.82. The van der Waals surface area contributed by atoms with Crippen molar-refractivity contribution in [2.24, 2.45) is 5.92 Å². The molecule has 2 nitrogen and oxygen atoms in total. The Labute approximate surface area is 75.7 Å². The van der Waals surface area contributed by atoms with Crippen molar-refractivity contribution in [1.29, 1.82) is 0 Å². The lowest BCUT2D eigenvalue weighted by Crippen LogP contribution is -2.25. The standard InChI is InChI=1S/C10H21NO/c1-9(8-11-2)12-7-6-10-4-3-5-10/h9-11H,3-8H2,1-2H3. The molecule has 0 bridgehead atoms. The predicted molar refractivity (Wildman–Crippen MR) is 51.3 cm³/mol. The van der Waals surface area contributed by atoms with E-state index in [4.69, 9.17) is 4.74 Å². The second-order valence-electron chi connectivity index (χ2n) is 3.82. The molecular weight excluding hydrogens is 150 g/mol. The Morgan fingerprint density at radius 1 is 1.50 bits per heavy atom. The SMILES string of the molecule is CNCC(C)OCCC1CCC1. The quantitative estimate of drug-likeness (QED) is 0.658. The molecule has 72 valence electrons. The molecule has 1 saturated carbocycles. The Morgan fingerprint density at radius 3 is 2.75 bits per heavy atom. The second kappa shape index (κ2) is 5.55. The first-order valence-electron chi connectivity index (χ1n) is 5.09. The number of nitrogens with one attached hydrogen (secondary N) is 1. The summed E-state index contributed by atoms with van der Waals surface area (Å²) in [7, 11) is 1.96. The first kappa shape index (κ1) is 10.0. The van der Waals surface area contributed by atoms with Gasteiger partial charge >= 0.3 is 0 Å². The monoisotopic (exact) mass is 171 g/mol. The van der Waals surface area contributed by atoms with Crippen molar-refractivity contribution >= 4 is 0 Å². The Bertz CT molecular complexity index is 112. The van der Waals surface area contributed by atoms with Crippen molar-refractivity contribution in [1.82, 2.24) is 5.32 Å². The summed E-state index contributed by atoms with van der Waals surface area (Å²) in [5, 5.41) is 3.11. The molecule has 1 aliphatic rings. The molecule has 0 aromatic rings. The van der Waals surface area contributed by atoms with E-state index >= 15 is 0 Å². The van der Waals surface area contributed by atoms with E-state index in [-0.39, 0.29) is 0 Å². The van der Waals surface area contributed by atoms with Gasteiger partial charge in [-0.2, -0.15) is 0 Å². The minimum Gasteiger partial charge on any atom is -0.377 e. The number of hydrogen-bond acceptors (Lipinski definition) is 2. The molecular formula is C10H21NO. The van der Waals surface area contributed by atoms with E-state index in [1.807, 2.05) is 7.05 Å². The highest BCUT2D eigenvalue weighted by atomic mass is 16.5. The van der Waals surface area contributed by atoms with Gasteiger partial charge in [0, 0.05) is 13.2 Å². The summed E-state index contributed by atoms with van der Waals surface area (Å²) >= 11 is 0. The van der Waals surface area contributed by atoms with Crippen LogP contribution in [0.2, 0.25) is 0 Å². The summed E-state index contributed by atoms with van der Waals surface area (Å²) < 4.78 is 5.63. The number of hydrogen-bond donors (Lipinski definition) is 1. The predicted octanol–water partition coefficient (Wildman–Crippen LogP) is 1.80. The summed E-state index contributed by atoms with van der Waals surface area (Å²) in [5.74, 6) is 0.979. The fourth-order valence-corrected chi connectivity index (χ4v) is 1.56. The van der Waals surface area contributed by atoms with Gasteiger partial charge < -0.3 is 10.1 Å². The van der Waals surface area contributed by atoms with Crippen LogP contribution in [0.15, 0.2) is 0 Å². The highest BCUT2D eigenvalue weighted by Crippen LogP contribution is 2.29. The molecule has 0 saturated heterocycles. The third-order valence-electron chi connectivity index (χ3n) is 2.64. The van der Waals surface area contributed by atoms with Gasteiger partial charge in [0.1, 0.15) is 0 Å². The van der Waals surface area contributed by atoms with E-state index in [0.717, 1.165) is 19.1 Å². The maximum atomic E-state index is 5.63. The lowest BCUT2D eigenvalue weighted by molar-refractivity contribution is 0.0504. The first-order chi connectivity index (χ1) is 5.83. The minimum atomic E-state index is 0.370. The lowest BCUT2D eigenvalue weighted by atomic mass is 9.83. The maximum Gasteiger partial charge on any atom is 0.0671 e. The van der Waals surface area contributed by atoms with Gasteiger partial charge in [-0.3, -0.25) is 0 Å². The molecule has 0 radical (unpaired) electrons. The van der Waals surface area contributed by atoms with Crippen LogP contribution in [0.25, 0.3) is 0 Å². The zero-order valence-electron chi connectivity index (χ0n) is 8.31. The number of rotatable bonds is 6. The smallest absolute Gasteiger partial charge is 0.0671 e. The zero-order chi connectivity index (χ0) is 8.81. The first-order valence-corrected chi connectivity index (χ1v) is 5.09. The molecule has 0 spiro atoms.